The van der Waals surface area contributed by atoms with Crippen molar-refractivity contribution >= 4 is 27.9 Å². The number of rotatable bonds is 6. The normalized spacial score (nSPS) is 12.7. The number of pyridine rings is 1. The summed E-state index contributed by atoms with van der Waals surface area (Å²) in [4.78, 5) is 22.9. The van der Waals surface area contributed by atoms with Gasteiger partial charge in [-0.3, -0.25) is 9.19 Å². The van der Waals surface area contributed by atoms with Gasteiger partial charge in [0, 0.05) is 25.4 Å². The van der Waals surface area contributed by atoms with Crippen LogP contribution in [-0.4, -0.2) is 56.1 Å². The van der Waals surface area contributed by atoms with E-state index in [1.54, 1.807) is 38.2 Å². The molecule has 0 bridgehead atoms. The summed E-state index contributed by atoms with van der Waals surface area (Å²) < 4.78 is 56.8. The van der Waals surface area contributed by atoms with Gasteiger partial charge in [-0.05, 0) is 32.0 Å². The Kier molecular flexibility index (Phi) is 6.63. The number of ether oxygens (including phenoxy) is 1. The van der Waals surface area contributed by atoms with Crippen LogP contribution in [0.4, 0.5) is 18.0 Å². The van der Waals surface area contributed by atoms with Gasteiger partial charge in [-0.15, -0.1) is 0 Å². The molecule has 0 N–H and O–H groups in total. The number of halogens is 3. The van der Waals surface area contributed by atoms with Crippen molar-refractivity contribution < 1.29 is 26.9 Å². The predicted molar refractivity (Wildman–Crippen MR) is 109 cm³/mol. The van der Waals surface area contributed by atoms with Crippen LogP contribution >= 0.6 is 0 Å². The van der Waals surface area contributed by atoms with Gasteiger partial charge in [0.15, 0.2) is 6.61 Å². The fraction of sp³-hybridized carbons (Fsp3) is 0.350. The maximum atomic E-state index is 13.2. The molecule has 166 valence electrons. The molecule has 0 fully saturated rings. The first-order chi connectivity index (χ1) is 14.6. The molecule has 2 heterocycles. The van der Waals surface area contributed by atoms with Crippen LogP contribution in [0.3, 0.4) is 0 Å². The van der Waals surface area contributed by atoms with Gasteiger partial charge in [0.25, 0.3) is 0 Å². The quantitative estimate of drug-likeness (QED) is 0.565. The summed E-state index contributed by atoms with van der Waals surface area (Å²) in [6, 6.07) is 7.86. The first-order valence-electron chi connectivity index (χ1n) is 9.37. The van der Waals surface area contributed by atoms with Gasteiger partial charge in [0.05, 0.1) is 33.3 Å². The molecule has 0 radical (unpaired) electrons. The van der Waals surface area contributed by atoms with Crippen LogP contribution in [0.2, 0.25) is 0 Å². The number of benzene rings is 1. The van der Waals surface area contributed by atoms with E-state index in [1.807, 2.05) is 6.92 Å². The molecule has 0 saturated carbocycles. The summed E-state index contributed by atoms with van der Waals surface area (Å²) in [5, 5.41) is 0.0503. The Labute approximate surface area is 179 Å². The Balaban J connectivity index is 1.95. The number of hydrogen-bond acceptors (Lipinski definition) is 5. The van der Waals surface area contributed by atoms with Crippen LogP contribution in [0.5, 0.6) is 5.75 Å². The lowest BCUT2D eigenvalue weighted by molar-refractivity contribution is -0.153. The molecular formula is C20H21F3N4O3S. The molecule has 1 atom stereocenters. The highest BCUT2D eigenvalue weighted by Gasteiger charge is 2.29. The number of imidazole rings is 1. The minimum absolute atomic E-state index is 0.00891. The molecule has 0 spiro atoms. The lowest BCUT2D eigenvalue weighted by Gasteiger charge is -2.17. The maximum absolute atomic E-state index is 13.2. The molecule has 0 saturated heterocycles. The molecule has 7 nitrogen and oxygen atoms in total. The predicted octanol–water partition coefficient (Wildman–Crippen LogP) is 3.91. The average Bonchev–Trinajstić information content (AvgIpc) is 3.12. The van der Waals surface area contributed by atoms with Crippen molar-refractivity contribution in [2.24, 2.45) is 0 Å². The third-order valence-electron chi connectivity index (χ3n) is 4.64. The highest BCUT2D eigenvalue weighted by Crippen LogP contribution is 2.26. The molecule has 0 aliphatic heterocycles. The van der Waals surface area contributed by atoms with Crippen LogP contribution in [0.15, 0.2) is 41.7 Å². The van der Waals surface area contributed by atoms with Gasteiger partial charge in [-0.1, -0.05) is 12.1 Å². The molecule has 31 heavy (non-hydrogen) atoms. The summed E-state index contributed by atoms with van der Waals surface area (Å²) in [6.07, 6.45) is -3.18. The number of fused-ring (bicyclic) bond motifs is 1. The summed E-state index contributed by atoms with van der Waals surface area (Å²) in [6.45, 7) is 2.36. The molecule has 2 aromatic heterocycles. The van der Waals surface area contributed by atoms with Crippen molar-refractivity contribution in [1.29, 1.82) is 0 Å². The zero-order chi connectivity index (χ0) is 22.8. The number of carbonyl (C=O) groups is 1. The van der Waals surface area contributed by atoms with E-state index < -0.39 is 23.6 Å². The first kappa shape index (κ1) is 22.7. The summed E-state index contributed by atoms with van der Waals surface area (Å²) >= 11 is 0. The van der Waals surface area contributed by atoms with E-state index in [9.17, 15) is 22.2 Å². The Hall–Kier alpha value is -2.95. The van der Waals surface area contributed by atoms with E-state index in [0.717, 1.165) is 0 Å². The van der Waals surface area contributed by atoms with Crippen LogP contribution in [0.25, 0.3) is 11.0 Å². The third kappa shape index (κ3) is 5.04. The lowest BCUT2D eigenvalue weighted by Crippen LogP contribution is -2.32. The van der Waals surface area contributed by atoms with Gasteiger partial charge in [-0.2, -0.15) is 13.2 Å². The second kappa shape index (κ2) is 9.04. The van der Waals surface area contributed by atoms with E-state index in [1.165, 1.54) is 21.7 Å². The van der Waals surface area contributed by atoms with Crippen molar-refractivity contribution in [3.63, 3.8) is 0 Å². The van der Waals surface area contributed by atoms with Crippen molar-refractivity contribution in [3.8, 4) is 5.75 Å². The van der Waals surface area contributed by atoms with Crippen LogP contribution < -0.4 is 4.74 Å². The SMILES string of the molecule is CCN(C)C(=O)n1c([S@](=O)Cc2nccc(OCC(F)(F)F)c2C)nc2ccccc21. The Morgan fingerprint density at radius 2 is 1.97 bits per heavy atom. The fourth-order valence-electron chi connectivity index (χ4n) is 2.86. The zero-order valence-electron chi connectivity index (χ0n) is 17.1. The Morgan fingerprint density at radius 3 is 2.65 bits per heavy atom. The number of para-hydroxylation sites is 2. The topological polar surface area (TPSA) is 77.3 Å². The number of amides is 1. The highest BCUT2D eigenvalue weighted by molar-refractivity contribution is 7.84. The molecule has 1 aromatic carbocycles. The third-order valence-corrected chi connectivity index (χ3v) is 5.86. The van der Waals surface area contributed by atoms with Crippen molar-refractivity contribution in [3.05, 3.63) is 47.8 Å². The Bertz CT molecular complexity index is 1130. The lowest BCUT2D eigenvalue weighted by atomic mass is 10.2. The van der Waals surface area contributed by atoms with Gasteiger partial charge in [0.1, 0.15) is 5.75 Å². The second-order valence-electron chi connectivity index (χ2n) is 6.79. The fourth-order valence-corrected chi connectivity index (χ4v) is 4.11. The standard InChI is InChI=1S/C20H21F3N4O3S/c1-4-26(3)19(28)27-16-8-6-5-7-14(16)25-18(27)31(29)11-15-13(2)17(9-10-24-15)30-12-20(21,22)23/h5-10H,4,11-12H2,1-3H3/t31-/m1/s1. The maximum Gasteiger partial charge on any atom is 0.422 e. The number of carbonyl (C=O) groups excluding carboxylic acids is 1. The van der Waals surface area contributed by atoms with Crippen LogP contribution in [0.1, 0.15) is 18.2 Å². The van der Waals surface area contributed by atoms with E-state index >= 15 is 0 Å². The molecule has 0 unspecified atom stereocenters. The summed E-state index contributed by atoms with van der Waals surface area (Å²) in [5.74, 6) is -0.129. The van der Waals surface area contributed by atoms with Gasteiger partial charge < -0.3 is 9.64 Å². The number of alkyl halides is 3. The number of aromatic nitrogens is 3. The molecule has 3 rings (SSSR count). The molecule has 3 aromatic rings. The number of nitrogens with zero attached hydrogens (tertiary/aromatic N) is 4. The number of hydrogen-bond donors (Lipinski definition) is 0. The monoisotopic (exact) mass is 454 g/mol. The van der Waals surface area contributed by atoms with E-state index in [0.29, 0.717) is 28.8 Å². The second-order valence-corrected chi connectivity index (χ2v) is 8.13. The van der Waals surface area contributed by atoms with E-state index in [-0.39, 0.29) is 22.7 Å². The minimum Gasteiger partial charge on any atom is -0.484 e. The summed E-state index contributed by atoms with van der Waals surface area (Å²) in [7, 11) is -0.171. The molecule has 0 aliphatic rings. The van der Waals surface area contributed by atoms with Gasteiger partial charge in [0.2, 0.25) is 5.16 Å². The Morgan fingerprint density at radius 1 is 1.26 bits per heavy atom. The van der Waals surface area contributed by atoms with E-state index in [2.05, 4.69) is 9.97 Å². The van der Waals surface area contributed by atoms with Crippen LogP contribution in [-0.2, 0) is 16.6 Å². The largest absolute Gasteiger partial charge is 0.484 e. The average molecular weight is 454 g/mol. The molecular weight excluding hydrogens is 433 g/mol. The van der Waals surface area contributed by atoms with Crippen molar-refractivity contribution in [1.82, 2.24) is 19.4 Å². The first-order valence-corrected chi connectivity index (χ1v) is 10.7. The van der Waals surface area contributed by atoms with Crippen molar-refractivity contribution in [2.75, 3.05) is 20.2 Å². The smallest absolute Gasteiger partial charge is 0.422 e. The zero-order valence-corrected chi connectivity index (χ0v) is 18.0. The van der Waals surface area contributed by atoms with Gasteiger partial charge >= 0.3 is 12.2 Å². The minimum atomic E-state index is -4.48. The van der Waals surface area contributed by atoms with Crippen LogP contribution in [0, 0.1) is 6.92 Å². The van der Waals surface area contributed by atoms with E-state index in [4.69, 9.17) is 4.74 Å². The molecule has 1 amide bonds. The molecule has 11 heteroatoms. The van der Waals surface area contributed by atoms with Crippen molar-refractivity contribution in [2.45, 2.75) is 30.9 Å². The highest BCUT2D eigenvalue weighted by atomic mass is 32.2. The summed E-state index contributed by atoms with van der Waals surface area (Å²) in [5.41, 5.74) is 1.67. The molecule has 0 aliphatic carbocycles. The van der Waals surface area contributed by atoms with Gasteiger partial charge in [-0.25, -0.2) is 14.3 Å².